The Hall–Kier alpha value is -0.450. The number of fused-ring (bicyclic) bond motifs is 3. The molecule has 0 radical (unpaired) electrons. The first-order valence-electron chi connectivity index (χ1n) is 18.6. The zero-order chi connectivity index (χ0) is 26.9. The minimum absolute atomic E-state index is 0.378. The molecule has 2 aliphatic heterocycles. The second-order valence-electron chi connectivity index (χ2n) is 15.6. The Bertz CT molecular complexity index is 802. The van der Waals surface area contributed by atoms with Gasteiger partial charge in [-0.2, -0.15) is 0 Å². The molecule has 2 saturated heterocycles. The molecule has 0 aromatic carbocycles. The van der Waals surface area contributed by atoms with Crippen molar-refractivity contribution < 1.29 is 4.79 Å². The van der Waals surface area contributed by atoms with E-state index in [1.54, 1.807) is 0 Å². The molecule has 5 aliphatic carbocycles. The summed E-state index contributed by atoms with van der Waals surface area (Å²) < 4.78 is 0. The molecule has 5 saturated carbocycles. The van der Waals surface area contributed by atoms with E-state index in [0.29, 0.717) is 29.8 Å². The highest BCUT2D eigenvalue weighted by atomic mass is 16.1. The van der Waals surface area contributed by atoms with Crippen LogP contribution in [0.4, 0.5) is 0 Å². The summed E-state index contributed by atoms with van der Waals surface area (Å²) in [5.41, 5.74) is 0. The van der Waals surface area contributed by atoms with Crippen molar-refractivity contribution in [1.82, 2.24) is 15.1 Å². The summed E-state index contributed by atoms with van der Waals surface area (Å²) in [5.74, 6) is 3.21. The number of nitrogens with zero attached hydrogens (tertiary/aromatic N) is 2. The van der Waals surface area contributed by atoms with Gasteiger partial charge in [-0.3, -0.25) is 14.6 Å². The molecule has 7 rings (SSSR count). The van der Waals surface area contributed by atoms with E-state index >= 15 is 0 Å². The van der Waals surface area contributed by atoms with Crippen molar-refractivity contribution in [2.24, 2.45) is 23.7 Å². The van der Waals surface area contributed by atoms with Crippen LogP contribution in [-0.2, 0) is 4.79 Å². The van der Waals surface area contributed by atoms with Crippen LogP contribution in [0.5, 0.6) is 0 Å². The third-order valence-electron chi connectivity index (χ3n) is 13.5. The van der Waals surface area contributed by atoms with E-state index in [1.807, 2.05) is 0 Å². The number of likely N-dealkylation sites (tertiary alicyclic amines) is 1. The SMILES string of the molecule is O=C(C1CCCCC1)C1CCC(N2C3CCC(N(C4CCCCC4)C4CCCCC4)CC3C3CCCNC32)CC1. The first-order valence-corrected chi connectivity index (χ1v) is 18.6. The van der Waals surface area contributed by atoms with Crippen molar-refractivity contribution in [3.63, 3.8) is 0 Å². The lowest BCUT2D eigenvalue weighted by molar-refractivity contribution is -0.129. The molecule has 4 heteroatoms. The Balaban J connectivity index is 1.04. The number of nitrogens with one attached hydrogen (secondary N) is 1. The van der Waals surface area contributed by atoms with Crippen molar-refractivity contribution in [1.29, 1.82) is 0 Å². The van der Waals surface area contributed by atoms with E-state index in [-0.39, 0.29) is 0 Å². The van der Waals surface area contributed by atoms with Crippen LogP contribution in [0.3, 0.4) is 0 Å². The molecular formula is C36H61N3O. The minimum Gasteiger partial charge on any atom is -0.301 e. The number of rotatable bonds is 6. The van der Waals surface area contributed by atoms with Crippen molar-refractivity contribution in [3.8, 4) is 0 Å². The Morgan fingerprint density at radius 1 is 0.550 bits per heavy atom. The van der Waals surface area contributed by atoms with E-state index < -0.39 is 0 Å². The maximum atomic E-state index is 13.4. The van der Waals surface area contributed by atoms with Gasteiger partial charge in [-0.05, 0) is 115 Å². The van der Waals surface area contributed by atoms with Gasteiger partial charge in [0.05, 0.1) is 6.17 Å². The number of piperidine rings is 1. The van der Waals surface area contributed by atoms with Gasteiger partial charge in [-0.15, -0.1) is 0 Å². The Morgan fingerprint density at radius 3 is 1.80 bits per heavy atom. The molecule has 7 fully saturated rings. The van der Waals surface area contributed by atoms with E-state index in [2.05, 4.69) is 15.1 Å². The first-order chi connectivity index (χ1) is 19.8. The summed E-state index contributed by atoms with van der Waals surface area (Å²) in [5, 5.41) is 4.09. The summed E-state index contributed by atoms with van der Waals surface area (Å²) in [6.45, 7) is 1.21. The lowest BCUT2D eigenvalue weighted by Crippen LogP contribution is -2.56. The number of ketones is 1. The van der Waals surface area contributed by atoms with Crippen molar-refractivity contribution in [2.75, 3.05) is 6.54 Å². The fraction of sp³-hybridized carbons (Fsp3) is 0.972. The Labute approximate surface area is 246 Å². The predicted molar refractivity (Wildman–Crippen MR) is 164 cm³/mol. The molecule has 0 aromatic rings. The van der Waals surface area contributed by atoms with Crippen LogP contribution in [0.1, 0.15) is 154 Å². The van der Waals surface area contributed by atoms with Crippen LogP contribution in [0.2, 0.25) is 0 Å². The van der Waals surface area contributed by atoms with Gasteiger partial charge < -0.3 is 5.32 Å². The molecular weight excluding hydrogens is 490 g/mol. The maximum absolute atomic E-state index is 13.4. The van der Waals surface area contributed by atoms with E-state index in [4.69, 9.17) is 0 Å². The van der Waals surface area contributed by atoms with Gasteiger partial charge in [0.15, 0.2) is 0 Å². The number of carbonyl (C=O) groups excluding carboxylic acids is 1. The van der Waals surface area contributed by atoms with Gasteiger partial charge in [0.2, 0.25) is 0 Å². The number of hydrogen-bond acceptors (Lipinski definition) is 4. The number of Topliss-reactive ketones (excluding diaryl/α,β-unsaturated/α-hetero) is 1. The molecule has 40 heavy (non-hydrogen) atoms. The van der Waals surface area contributed by atoms with Crippen LogP contribution in [0, 0.1) is 23.7 Å². The van der Waals surface area contributed by atoms with E-state index in [0.717, 1.165) is 36.0 Å². The van der Waals surface area contributed by atoms with Gasteiger partial charge >= 0.3 is 0 Å². The molecule has 5 atom stereocenters. The normalized spacial score (nSPS) is 41.1. The second-order valence-corrected chi connectivity index (χ2v) is 15.6. The fourth-order valence-corrected chi connectivity index (χ4v) is 11.7. The fourth-order valence-electron chi connectivity index (χ4n) is 11.7. The molecule has 226 valence electrons. The highest BCUT2D eigenvalue weighted by molar-refractivity contribution is 5.83. The average Bonchev–Trinajstić information content (AvgIpc) is 3.36. The highest BCUT2D eigenvalue weighted by Crippen LogP contribution is 2.50. The van der Waals surface area contributed by atoms with Crippen molar-refractivity contribution in [3.05, 3.63) is 0 Å². The van der Waals surface area contributed by atoms with Gasteiger partial charge in [0.1, 0.15) is 5.78 Å². The van der Waals surface area contributed by atoms with Crippen molar-refractivity contribution >= 4 is 5.78 Å². The molecule has 0 amide bonds. The van der Waals surface area contributed by atoms with Crippen LogP contribution < -0.4 is 5.32 Å². The lowest BCUT2D eigenvalue weighted by Gasteiger charge is -2.50. The smallest absolute Gasteiger partial charge is 0.139 e. The summed E-state index contributed by atoms with van der Waals surface area (Å²) in [4.78, 5) is 19.6. The molecule has 5 unspecified atom stereocenters. The van der Waals surface area contributed by atoms with Gasteiger partial charge in [-0.25, -0.2) is 0 Å². The standard InChI is InChI=1S/C36H61N3O/c40-35(26-11-4-1-5-12-26)27-18-20-30(21-19-27)39-34-23-22-31(25-33(34)32-17-10-24-37-36(32)39)38(28-13-6-2-7-14-28)29-15-8-3-9-16-29/h26-34,36-37H,1-25H2. The first kappa shape index (κ1) is 28.3. The molecule has 1 N–H and O–H groups in total. The topological polar surface area (TPSA) is 35.6 Å². The Kier molecular flexibility index (Phi) is 9.24. The predicted octanol–water partition coefficient (Wildman–Crippen LogP) is 7.84. The largest absolute Gasteiger partial charge is 0.301 e. The zero-order valence-corrected chi connectivity index (χ0v) is 25.8. The molecule has 0 bridgehead atoms. The molecule has 0 spiro atoms. The molecule has 7 aliphatic rings. The van der Waals surface area contributed by atoms with Crippen molar-refractivity contribution in [2.45, 2.75) is 190 Å². The monoisotopic (exact) mass is 551 g/mol. The van der Waals surface area contributed by atoms with Crippen LogP contribution >= 0.6 is 0 Å². The summed E-state index contributed by atoms with van der Waals surface area (Å²) in [6.07, 6.45) is 33.7. The number of hydrogen-bond donors (Lipinski definition) is 1. The number of carbonyl (C=O) groups is 1. The minimum atomic E-state index is 0.378. The molecule has 0 aromatic heterocycles. The second kappa shape index (κ2) is 13.0. The van der Waals surface area contributed by atoms with Gasteiger partial charge in [0.25, 0.3) is 0 Å². The third-order valence-corrected chi connectivity index (χ3v) is 13.5. The third kappa shape index (κ3) is 5.73. The summed E-state index contributed by atoms with van der Waals surface area (Å²) in [7, 11) is 0. The summed E-state index contributed by atoms with van der Waals surface area (Å²) >= 11 is 0. The van der Waals surface area contributed by atoms with Gasteiger partial charge in [-0.1, -0.05) is 57.8 Å². The average molecular weight is 552 g/mol. The maximum Gasteiger partial charge on any atom is 0.139 e. The highest BCUT2D eigenvalue weighted by Gasteiger charge is 2.54. The molecule has 2 heterocycles. The quantitative estimate of drug-likeness (QED) is 0.365. The van der Waals surface area contributed by atoms with Gasteiger partial charge in [0, 0.05) is 42.0 Å². The van der Waals surface area contributed by atoms with Crippen LogP contribution in [0.25, 0.3) is 0 Å². The molecule has 4 nitrogen and oxygen atoms in total. The lowest BCUT2D eigenvalue weighted by atomic mass is 9.73. The summed E-state index contributed by atoms with van der Waals surface area (Å²) in [6, 6.07) is 4.13. The van der Waals surface area contributed by atoms with Crippen LogP contribution in [-0.4, -0.2) is 58.5 Å². The zero-order valence-electron chi connectivity index (χ0n) is 25.8. The van der Waals surface area contributed by atoms with Crippen LogP contribution in [0.15, 0.2) is 0 Å². The van der Waals surface area contributed by atoms with E-state index in [1.165, 1.54) is 161 Å². The van der Waals surface area contributed by atoms with E-state index in [9.17, 15) is 4.79 Å². The Morgan fingerprint density at radius 2 is 1.15 bits per heavy atom.